The van der Waals surface area contributed by atoms with Gasteiger partial charge in [0.05, 0.1) is 12.2 Å². The molecule has 0 aliphatic heterocycles. The first kappa shape index (κ1) is 19.2. The number of carbonyl (C=O) groups is 2. The smallest absolute Gasteiger partial charge is 0.359 e. The van der Waals surface area contributed by atoms with Gasteiger partial charge in [-0.3, -0.25) is 9.59 Å². The van der Waals surface area contributed by atoms with Crippen molar-refractivity contribution >= 4 is 29.2 Å². The van der Waals surface area contributed by atoms with E-state index in [4.69, 9.17) is 16.3 Å². The van der Waals surface area contributed by atoms with E-state index < -0.39 is 18.5 Å². The van der Waals surface area contributed by atoms with E-state index in [2.05, 4.69) is 15.4 Å². The van der Waals surface area contributed by atoms with Crippen molar-refractivity contribution in [2.24, 2.45) is 0 Å². The molecule has 2 aromatic heterocycles. The van der Waals surface area contributed by atoms with Crippen LogP contribution in [-0.4, -0.2) is 33.2 Å². The van der Waals surface area contributed by atoms with Gasteiger partial charge in [0.1, 0.15) is 0 Å². The van der Waals surface area contributed by atoms with Gasteiger partial charge in [-0.1, -0.05) is 41.9 Å². The minimum absolute atomic E-state index is 0.0808. The van der Waals surface area contributed by atoms with Crippen molar-refractivity contribution in [2.75, 3.05) is 11.9 Å². The molecule has 0 saturated heterocycles. The number of esters is 1. The first-order chi connectivity index (χ1) is 13.5. The Morgan fingerprint density at radius 2 is 1.86 bits per heavy atom. The number of hydrogen-bond donors (Lipinski definition) is 1. The fourth-order valence-corrected chi connectivity index (χ4v) is 2.46. The van der Waals surface area contributed by atoms with Crippen LogP contribution in [0.4, 0.5) is 5.69 Å². The Morgan fingerprint density at radius 3 is 2.61 bits per heavy atom. The van der Waals surface area contributed by atoms with Crippen LogP contribution >= 0.6 is 11.6 Å². The molecule has 0 aliphatic rings. The first-order valence-corrected chi connectivity index (χ1v) is 8.60. The van der Waals surface area contributed by atoms with Crippen LogP contribution in [-0.2, 0) is 16.1 Å². The van der Waals surface area contributed by atoms with E-state index in [1.54, 1.807) is 12.1 Å². The van der Waals surface area contributed by atoms with Gasteiger partial charge >= 0.3 is 5.97 Å². The normalized spacial score (nSPS) is 10.3. The zero-order chi connectivity index (χ0) is 19.9. The van der Waals surface area contributed by atoms with Gasteiger partial charge in [-0.15, -0.1) is 0 Å². The lowest BCUT2D eigenvalue weighted by molar-refractivity contribution is -0.119. The number of rotatable bonds is 6. The number of pyridine rings is 1. The van der Waals surface area contributed by atoms with Gasteiger partial charge in [0.2, 0.25) is 0 Å². The van der Waals surface area contributed by atoms with Crippen molar-refractivity contribution in [3.05, 3.63) is 87.6 Å². The Balaban J connectivity index is 1.63. The Bertz CT molecular complexity index is 1050. The van der Waals surface area contributed by atoms with Crippen LogP contribution in [0.5, 0.6) is 0 Å². The minimum atomic E-state index is -0.825. The van der Waals surface area contributed by atoms with Crippen molar-refractivity contribution < 1.29 is 14.3 Å². The molecule has 0 aliphatic carbocycles. The molecule has 0 atom stereocenters. The van der Waals surface area contributed by atoms with E-state index in [9.17, 15) is 14.4 Å². The number of carbonyl (C=O) groups excluding carboxylic acids is 2. The monoisotopic (exact) mass is 398 g/mol. The molecule has 2 heterocycles. The molecule has 0 saturated carbocycles. The molecule has 1 amide bonds. The van der Waals surface area contributed by atoms with Crippen molar-refractivity contribution in [2.45, 2.75) is 6.54 Å². The molecule has 0 bridgehead atoms. The summed E-state index contributed by atoms with van der Waals surface area (Å²) in [4.78, 5) is 39.9. The highest BCUT2D eigenvalue weighted by Gasteiger charge is 2.14. The van der Waals surface area contributed by atoms with Gasteiger partial charge in [0.15, 0.2) is 17.5 Å². The van der Waals surface area contributed by atoms with Crippen molar-refractivity contribution in [3.63, 3.8) is 0 Å². The summed E-state index contributed by atoms with van der Waals surface area (Å²) in [5.74, 6) is -1.41. The predicted molar refractivity (Wildman–Crippen MR) is 102 cm³/mol. The van der Waals surface area contributed by atoms with E-state index in [-0.39, 0.29) is 23.0 Å². The Kier molecular flexibility index (Phi) is 6.13. The van der Waals surface area contributed by atoms with Gasteiger partial charge in [-0.05, 0) is 23.8 Å². The first-order valence-electron chi connectivity index (χ1n) is 8.22. The van der Waals surface area contributed by atoms with Gasteiger partial charge in [0.25, 0.3) is 11.5 Å². The summed E-state index contributed by atoms with van der Waals surface area (Å²) in [6.45, 7) is -0.329. The van der Waals surface area contributed by atoms with Crippen LogP contribution in [0, 0.1) is 0 Å². The van der Waals surface area contributed by atoms with Crippen LogP contribution in [0.1, 0.15) is 16.1 Å². The number of amides is 1. The maximum absolute atomic E-state index is 12.2. The summed E-state index contributed by atoms with van der Waals surface area (Å²) in [5.41, 5.74) is 0.724. The number of hydrogen-bond acceptors (Lipinski definition) is 6. The fourth-order valence-electron chi connectivity index (χ4n) is 2.30. The van der Waals surface area contributed by atoms with Crippen LogP contribution in [0.3, 0.4) is 0 Å². The maximum atomic E-state index is 12.2. The van der Waals surface area contributed by atoms with Crippen LogP contribution < -0.4 is 10.9 Å². The second kappa shape index (κ2) is 8.92. The number of anilines is 1. The SMILES string of the molecule is O=C(COC(=O)c1ccc(=O)n(Cc2ccccc2)n1)Nc1cccnc1Cl. The molecule has 1 N–H and O–H groups in total. The van der Waals surface area contributed by atoms with Crippen LogP contribution in [0.15, 0.2) is 65.6 Å². The number of nitrogens with zero attached hydrogens (tertiary/aromatic N) is 3. The lowest BCUT2D eigenvalue weighted by atomic mass is 10.2. The topological polar surface area (TPSA) is 103 Å². The third-order valence-corrected chi connectivity index (χ3v) is 3.92. The van der Waals surface area contributed by atoms with E-state index in [1.807, 2.05) is 30.3 Å². The number of benzene rings is 1. The molecular weight excluding hydrogens is 384 g/mol. The second-order valence-corrected chi connectivity index (χ2v) is 6.02. The molecule has 142 valence electrons. The van der Waals surface area contributed by atoms with Crippen LogP contribution in [0.2, 0.25) is 5.15 Å². The number of ether oxygens (including phenoxy) is 1. The van der Waals surface area contributed by atoms with E-state index in [1.165, 1.54) is 18.3 Å². The van der Waals surface area contributed by atoms with Gasteiger partial charge < -0.3 is 10.1 Å². The molecule has 3 aromatic rings. The third-order valence-electron chi connectivity index (χ3n) is 3.62. The molecule has 3 rings (SSSR count). The van der Waals surface area contributed by atoms with Gasteiger partial charge in [0, 0.05) is 12.3 Å². The number of nitrogens with one attached hydrogen (secondary N) is 1. The summed E-state index contributed by atoms with van der Waals surface area (Å²) >= 11 is 5.85. The molecule has 8 nitrogen and oxygen atoms in total. The summed E-state index contributed by atoms with van der Waals surface area (Å²) in [7, 11) is 0. The fraction of sp³-hybridized carbons (Fsp3) is 0.105. The zero-order valence-electron chi connectivity index (χ0n) is 14.5. The molecular formula is C19H15ClN4O4. The van der Waals surface area contributed by atoms with E-state index >= 15 is 0 Å². The molecule has 28 heavy (non-hydrogen) atoms. The lowest BCUT2D eigenvalue weighted by Crippen LogP contribution is -2.26. The average Bonchev–Trinajstić information content (AvgIpc) is 2.70. The summed E-state index contributed by atoms with van der Waals surface area (Å²) in [5, 5.41) is 6.62. The van der Waals surface area contributed by atoms with Crippen molar-refractivity contribution in [1.29, 1.82) is 0 Å². The standard InChI is InChI=1S/C19H15ClN4O4/c20-18-14(7-4-10-21-18)22-16(25)12-28-19(27)15-8-9-17(26)24(23-15)11-13-5-2-1-3-6-13/h1-10H,11-12H2,(H,22,25). The summed E-state index contributed by atoms with van der Waals surface area (Å²) in [6.07, 6.45) is 1.48. The third kappa shape index (κ3) is 5.01. The Morgan fingerprint density at radius 1 is 1.07 bits per heavy atom. The van der Waals surface area contributed by atoms with Crippen molar-refractivity contribution in [3.8, 4) is 0 Å². The summed E-state index contributed by atoms with van der Waals surface area (Å²) in [6, 6.07) is 14.9. The Hall–Kier alpha value is -3.52. The highest BCUT2D eigenvalue weighted by atomic mass is 35.5. The predicted octanol–water partition coefficient (Wildman–Crippen LogP) is 2.14. The minimum Gasteiger partial charge on any atom is -0.451 e. The summed E-state index contributed by atoms with van der Waals surface area (Å²) < 4.78 is 6.11. The van der Waals surface area contributed by atoms with E-state index in [0.29, 0.717) is 5.69 Å². The zero-order valence-corrected chi connectivity index (χ0v) is 15.3. The quantitative estimate of drug-likeness (QED) is 0.504. The maximum Gasteiger partial charge on any atom is 0.359 e. The van der Waals surface area contributed by atoms with Crippen molar-refractivity contribution in [1.82, 2.24) is 14.8 Å². The average molecular weight is 399 g/mol. The molecule has 0 spiro atoms. The van der Waals surface area contributed by atoms with Crippen LogP contribution in [0.25, 0.3) is 0 Å². The van der Waals surface area contributed by atoms with Gasteiger partial charge in [-0.25, -0.2) is 14.5 Å². The molecule has 1 aromatic carbocycles. The van der Waals surface area contributed by atoms with Gasteiger partial charge in [-0.2, -0.15) is 5.10 Å². The lowest BCUT2D eigenvalue weighted by Gasteiger charge is -2.08. The highest BCUT2D eigenvalue weighted by molar-refractivity contribution is 6.32. The molecule has 0 unspecified atom stereocenters. The molecule has 0 radical (unpaired) electrons. The molecule has 9 heteroatoms. The van der Waals surface area contributed by atoms with E-state index in [0.717, 1.165) is 10.2 Å². The number of aromatic nitrogens is 3. The Labute approximate surface area is 164 Å². The largest absolute Gasteiger partial charge is 0.451 e. The second-order valence-electron chi connectivity index (χ2n) is 5.67. The highest BCUT2D eigenvalue weighted by Crippen LogP contribution is 2.17. The number of halogens is 1. The molecule has 0 fully saturated rings.